The largest absolute Gasteiger partial charge is 0.474 e. The number of phosphoric ester groups is 1. The Labute approximate surface area is 210 Å². The van der Waals surface area contributed by atoms with Crippen LogP contribution in [0.4, 0.5) is 5.82 Å². The monoisotopic (exact) mass is 521 g/mol. The van der Waals surface area contributed by atoms with E-state index in [-0.39, 0.29) is 37.9 Å². The molecule has 0 saturated carbocycles. The number of rotatable bonds is 14. The van der Waals surface area contributed by atoms with Crippen LogP contribution in [0.3, 0.4) is 0 Å². The number of nitrogens with zero attached hydrogens (tertiary/aromatic N) is 2. The molecule has 11 heteroatoms. The number of nitrogen functional groups attached to an aromatic ring is 1. The number of carbonyl (C=O) groups is 2. The van der Waals surface area contributed by atoms with Crippen molar-refractivity contribution in [2.24, 2.45) is 0 Å². The van der Waals surface area contributed by atoms with Crippen molar-refractivity contribution in [1.82, 2.24) is 9.88 Å². The SMILES string of the molecule is CCOP(=O)(OCC)OCC/C(SC(=O)c1ccccc1)=C(\C)N(C=O)Cc1ccc(C)nc1N. The van der Waals surface area contributed by atoms with Crippen molar-refractivity contribution in [3.8, 4) is 0 Å². The van der Waals surface area contributed by atoms with Gasteiger partial charge < -0.3 is 10.6 Å². The van der Waals surface area contributed by atoms with Crippen LogP contribution >= 0.6 is 19.6 Å². The zero-order chi connectivity index (χ0) is 25.8. The Morgan fingerprint density at radius 1 is 1.11 bits per heavy atom. The second-order valence-electron chi connectivity index (χ2n) is 7.36. The fourth-order valence-electron chi connectivity index (χ4n) is 3.05. The lowest BCUT2D eigenvalue weighted by Crippen LogP contribution is -2.22. The van der Waals surface area contributed by atoms with E-state index in [1.54, 1.807) is 45.0 Å². The van der Waals surface area contributed by atoms with Crippen LogP contribution in [0.2, 0.25) is 0 Å². The Kier molecular flexibility index (Phi) is 11.6. The topological polar surface area (TPSA) is 121 Å². The molecular weight excluding hydrogens is 489 g/mol. The molecule has 0 aliphatic rings. The molecule has 0 bridgehead atoms. The summed E-state index contributed by atoms with van der Waals surface area (Å²) in [6.07, 6.45) is 0.875. The van der Waals surface area contributed by atoms with Crippen molar-refractivity contribution < 1.29 is 27.7 Å². The third-order valence-corrected chi connectivity index (χ3v) is 7.65. The smallest absolute Gasteiger partial charge is 0.383 e. The molecule has 1 amide bonds. The fraction of sp³-hybridized carbons (Fsp3) is 0.375. The standard InChI is InChI=1S/C24H32N3O6PS/c1-5-31-34(30,32-6-2)33-15-14-22(35-24(29)20-10-8-7-9-11-20)19(4)27(17-28)16-21-13-12-18(3)26-23(21)25/h7-13,17H,5-6,14-16H2,1-4H3,(H2,25,26)/b22-19-. The molecule has 1 aromatic heterocycles. The highest BCUT2D eigenvalue weighted by Crippen LogP contribution is 2.49. The Morgan fingerprint density at radius 2 is 1.77 bits per heavy atom. The lowest BCUT2D eigenvalue weighted by molar-refractivity contribution is -0.116. The molecule has 0 aliphatic carbocycles. The lowest BCUT2D eigenvalue weighted by Gasteiger charge is -2.23. The molecule has 35 heavy (non-hydrogen) atoms. The van der Waals surface area contributed by atoms with Gasteiger partial charge >= 0.3 is 7.82 Å². The first-order valence-electron chi connectivity index (χ1n) is 11.2. The van der Waals surface area contributed by atoms with E-state index in [9.17, 15) is 14.2 Å². The zero-order valence-electron chi connectivity index (χ0n) is 20.4. The molecule has 2 aromatic rings. The summed E-state index contributed by atoms with van der Waals surface area (Å²) in [5.41, 5.74) is 8.54. The van der Waals surface area contributed by atoms with Crippen molar-refractivity contribution in [3.05, 3.63) is 69.9 Å². The number of anilines is 1. The van der Waals surface area contributed by atoms with E-state index in [1.807, 2.05) is 25.1 Å². The number of pyridine rings is 1. The molecule has 9 nitrogen and oxygen atoms in total. The highest BCUT2D eigenvalue weighted by Gasteiger charge is 2.26. The number of phosphoric acid groups is 1. The van der Waals surface area contributed by atoms with E-state index in [1.165, 1.54) is 4.90 Å². The maximum absolute atomic E-state index is 12.9. The first-order valence-corrected chi connectivity index (χ1v) is 13.4. The van der Waals surface area contributed by atoms with Gasteiger partial charge in [0.15, 0.2) is 0 Å². The van der Waals surface area contributed by atoms with E-state index in [4.69, 9.17) is 19.3 Å². The second-order valence-corrected chi connectivity index (χ2v) is 10.1. The maximum Gasteiger partial charge on any atom is 0.474 e. The molecule has 0 atom stereocenters. The third-order valence-electron chi connectivity index (χ3n) is 4.83. The van der Waals surface area contributed by atoms with Crippen molar-refractivity contribution in [2.45, 2.75) is 40.7 Å². The van der Waals surface area contributed by atoms with Gasteiger partial charge in [-0.1, -0.05) is 36.4 Å². The van der Waals surface area contributed by atoms with Gasteiger partial charge in [0.05, 0.1) is 26.4 Å². The van der Waals surface area contributed by atoms with Crippen molar-refractivity contribution in [1.29, 1.82) is 0 Å². The maximum atomic E-state index is 12.9. The van der Waals surface area contributed by atoms with Crippen molar-refractivity contribution in [2.75, 3.05) is 25.6 Å². The molecule has 2 N–H and O–H groups in total. The highest BCUT2D eigenvalue weighted by atomic mass is 32.2. The number of hydrogen-bond donors (Lipinski definition) is 1. The number of benzene rings is 1. The number of thioether (sulfide) groups is 1. The molecular formula is C24H32N3O6PS. The number of aryl methyl sites for hydroxylation is 1. The predicted octanol–water partition coefficient (Wildman–Crippen LogP) is 5.32. The number of amides is 1. The Bertz CT molecular complexity index is 1070. The van der Waals surface area contributed by atoms with E-state index in [0.29, 0.717) is 34.0 Å². The first kappa shape index (κ1) is 28.7. The van der Waals surface area contributed by atoms with Crippen molar-refractivity contribution in [3.63, 3.8) is 0 Å². The summed E-state index contributed by atoms with van der Waals surface area (Å²) in [4.78, 5) is 31.2. The van der Waals surface area contributed by atoms with Crippen LogP contribution in [-0.4, -0.2) is 41.2 Å². The number of carbonyl (C=O) groups excluding carboxylic acids is 2. The fourth-order valence-corrected chi connectivity index (χ4v) is 5.15. The molecule has 0 radical (unpaired) electrons. The average Bonchev–Trinajstić information content (AvgIpc) is 2.83. The zero-order valence-corrected chi connectivity index (χ0v) is 22.1. The third kappa shape index (κ3) is 8.91. The van der Waals surface area contributed by atoms with Gasteiger partial charge in [0.1, 0.15) is 5.82 Å². The number of aromatic nitrogens is 1. The van der Waals surface area contributed by atoms with E-state index < -0.39 is 7.82 Å². The van der Waals surface area contributed by atoms with Crippen LogP contribution in [0.1, 0.15) is 48.8 Å². The van der Waals surface area contributed by atoms with Gasteiger partial charge in [0.25, 0.3) is 0 Å². The van der Waals surface area contributed by atoms with Crippen molar-refractivity contribution >= 4 is 36.9 Å². The first-order chi connectivity index (χ1) is 16.7. The van der Waals surface area contributed by atoms with Crippen LogP contribution < -0.4 is 5.73 Å². The van der Waals surface area contributed by atoms with E-state index >= 15 is 0 Å². The van der Waals surface area contributed by atoms with Crippen LogP contribution in [-0.2, 0) is 29.5 Å². The lowest BCUT2D eigenvalue weighted by atomic mass is 10.2. The summed E-state index contributed by atoms with van der Waals surface area (Å²) in [5, 5.41) is -0.194. The number of allylic oxidation sites excluding steroid dienone is 1. The van der Waals surface area contributed by atoms with Gasteiger partial charge in [0.2, 0.25) is 11.5 Å². The minimum atomic E-state index is -3.72. The summed E-state index contributed by atoms with van der Waals surface area (Å²) in [7, 11) is -3.72. The Hall–Kier alpha value is -2.49. The van der Waals surface area contributed by atoms with Crippen LogP contribution in [0.5, 0.6) is 0 Å². The van der Waals surface area contributed by atoms with Gasteiger partial charge in [-0.25, -0.2) is 9.55 Å². The second kappa shape index (κ2) is 14.2. The summed E-state index contributed by atoms with van der Waals surface area (Å²) in [5.74, 6) is 0.330. The number of hydrogen-bond acceptors (Lipinski definition) is 9. The summed E-state index contributed by atoms with van der Waals surface area (Å²) >= 11 is 0.986. The summed E-state index contributed by atoms with van der Waals surface area (Å²) in [6, 6.07) is 12.4. The molecule has 2 rings (SSSR count). The quantitative estimate of drug-likeness (QED) is 0.260. The normalized spacial score (nSPS) is 12.2. The summed E-state index contributed by atoms with van der Waals surface area (Å²) < 4.78 is 28.5. The Balaban J connectivity index is 2.30. The summed E-state index contributed by atoms with van der Waals surface area (Å²) in [6.45, 7) is 7.39. The molecule has 0 fully saturated rings. The molecule has 0 aliphatic heterocycles. The van der Waals surface area contributed by atoms with E-state index in [2.05, 4.69) is 4.98 Å². The minimum absolute atomic E-state index is 0.0417. The molecule has 190 valence electrons. The van der Waals surface area contributed by atoms with Crippen LogP contribution in [0.25, 0.3) is 0 Å². The molecule has 0 spiro atoms. The molecule has 1 aromatic carbocycles. The van der Waals surface area contributed by atoms with Gasteiger partial charge in [-0.05, 0) is 45.5 Å². The molecule has 0 unspecified atom stereocenters. The van der Waals surface area contributed by atoms with Gasteiger partial charge in [0, 0.05) is 33.8 Å². The minimum Gasteiger partial charge on any atom is -0.383 e. The van der Waals surface area contributed by atoms with Gasteiger partial charge in [-0.2, -0.15) is 0 Å². The van der Waals surface area contributed by atoms with Crippen LogP contribution in [0.15, 0.2) is 53.1 Å². The van der Waals surface area contributed by atoms with Gasteiger partial charge in [-0.15, -0.1) is 0 Å². The molecule has 0 saturated heterocycles. The predicted molar refractivity (Wildman–Crippen MR) is 137 cm³/mol. The number of nitrogens with two attached hydrogens (primary N) is 1. The van der Waals surface area contributed by atoms with Crippen LogP contribution in [0, 0.1) is 6.92 Å². The molecule has 1 heterocycles. The van der Waals surface area contributed by atoms with E-state index in [0.717, 1.165) is 17.5 Å². The average molecular weight is 522 g/mol. The highest BCUT2D eigenvalue weighted by molar-refractivity contribution is 8.17. The Morgan fingerprint density at radius 3 is 2.34 bits per heavy atom. The van der Waals surface area contributed by atoms with Gasteiger partial charge in [-0.3, -0.25) is 23.2 Å².